The van der Waals surface area contributed by atoms with Crippen LogP contribution in [0.3, 0.4) is 0 Å². The van der Waals surface area contributed by atoms with Gasteiger partial charge in [-0.2, -0.15) is 0 Å². The van der Waals surface area contributed by atoms with E-state index < -0.39 is 0 Å². The molecular weight excluding hydrogens is 370 g/mol. The molecule has 0 bridgehead atoms. The van der Waals surface area contributed by atoms with Crippen LogP contribution in [0.5, 0.6) is 0 Å². The minimum atomic E-state index is 0. The third kappa shape index (κ3) is 4.97. The number of amides is 2. The van der Waals surface area contributed by atoms with Gasteiger partial charge in [0.1, 0.15) is 0 Å². The predicted octanol–water partition coefficient (Wildman–Crippen LogP) is 1.76. The predicted molar refractivity (Wildman–Crippen MR) is 92.4 cm³/mol. The van der Waals surface area contributed by atoms with Crippen molar-refractivity contribution in [2.24, 2.45) is 0 Å². The summed E-state index contributed by atoms with van der Waals surface area (Å²) in [5.74, 6) is 0.185. The van der Waals surface area contributed by atoms with Crippen LogP contribution < -0.4 is 5.32 Å². The Kier molecular flexibility index (Phi) is 7.85. The van der Waals surface area contributed by atoms with Crippen molar-refractivity contribution in [2.75, 3.05) is 39.8 Å². The van der Waals surface area contributed by atoms with Crippen molar-refractivity contribution in [3.63, 3.8) is 0 Å². The molecule has 0 radical (unpaired) electrons. The standard InChI is InChI=1S/C15H20BrN3O2.ClH/c1-17-7-6-14(20)18-8-10-19(11-9-18)15(21)12-2-4-13(16)5-3-12;/h2-5,17H,6-11H2,1H3;1H. The molecule has 5 nitrogen and oxygen atoms in total. The van der Waals surface area contributed by atoms with E-state index >= 15 is 0 Å². The van der Waals surface area contributed by atoms with Crippen molar-refractivity contribution in [1.82, 2.24) is 15.1 Å². The molecule has 1 aromatic carbocycles. The first kappa shape index (κ1) is 18.9. The topological polar surface area (TPSA) is 52.7 Å². The monoisotopic (exact) mass is 389 g/mol. The van der Waals surface area contributed by atoms with Gasteiger partial charge in [0.05, 0.1) is 0 Å². The lowest BCUT2D eigenvalue weighted by Gasteiger charge is -2.35. The van der Waals surface area contributed by atoms with E-state index in [1.807, 2.05) is 41.1 Å². The maximum absolute atomic E-state index is 12.4. The van der Waals surface area contributed by atoms with Gasteiger partial charge in [0, 0.05) is 49.2 Å². The molecule has 1 aliphatic heterocycles. The number of halogens is 2. The number of nitrogens with zero attached hydrogens (tertiary/aromatic N) is 2. The van der Waals surface area contributed by atoms with Gasteiger partial charge in [0.2, 0.25) is 5.91 Å². The molecule has 0 aliphatic carbocycles. The summed E-state index contributed by atoms with van der Waals surface area (Å²) in [5.41, 5.74) is 0.688. The van der Waals surface area contributed by atoms with Gasteiger partial charge in [-0.15, -0.1) is 12.4 Å². The molecule has 122 valence electrons. The first-order chi connectivity index (χ1) is 10.1. The number of carbonyl (C=O) groups is 2. The van der Waals surface area contributed by atoms with Crippen LogP contribution in [0.4, 0.5) is 0 Å². The normalized spacial score (nSPS) is 14.5. The van der Waals surface area contributed by atoms with Crippen LogP contribution in [-0.4, -0.2) is 61.4 Å². The summed E-state index contributed by atoms with van der Waals surface area (Å²) in [7, 11) is 1.84. The molecule has 1 N–H and O–H groups in total. The lowest BCUT2D eigenvalue weighted by Crippen LogP contribution is -2.50. The molecule has 1 fully saturated rings. The van der Waals surface area contributed by atoms with E-state index in [9.17, 15) is 9.59 Å². The van der Waals surface area contributed by atoms with Crippen molar-refractivity contribution in [1.29, 1.82) is 0 Å². The molecule has 2 rings (SSSR count). The molecule has 0 aromatic heterocycles. The van der Waals surface area contributed by atoms with E-state index in [1.54, 1.807) is 0 Å². The van der Waals surface area contributed by atoms with E-state index in [0.717, 1.165) is 4.47 Å². The van der Waals surface area contributed by atoms with E-state index in [0.29, 0.717) is 44.7 Å². The second-order valence-corrected chi connectivity index (χ2v) is 5.95. The highest BCUT2D eigenvalue weighted by molar-refractivity contribution is 9.10. The zero-order chi connectivity index (χ0) is 15.2. The molecule has 1 aliphatic rings. The van der Waals surface area contributed by atoms with Gasteiger partial charge < -0.3 is 15.1 Å². The van der Waals surface area contributed by atoms with Crippen molar-refractivity contribution in [3.05, 3.63) is 34.3 Å². The van der Waals surface area contributed by atoms with E-state index in [2.05, 4.69) is 21.2 Å². The highest BCUT2D eigenvalue weighted by Crippen LogP contribution is 2.14. The van der Waals surface area contributed by atoms with Gasteiger partial charge in [0.25, 0.3) is 5.91 Å². The molecule has 1 saturated heterocycles. The van der Waals surface area contributed by atoms with E-state index in [1.165, 1.54) is 0 Å². The lowest BCUT2D eigenvalue weighted by molar-refractivity contribution is -0.132. The van der Waals surface area contributed by atoms with Gasteiger partial charge in [-0.05, 0) is 31.3 Å². The van der Waals surface area contributed by atoms with Crippen LogP contribution in [0.1, 0.15) is 16.8 Å². The van der Waals surface area contributed by atoms with Gasteiger partial charge in [-0.3, -0.25) is 9.59 Å². The number of hydrogen-bond donors (Lipinski definition) is 1. The first-order valence-electron chi connectivity index (χ1n) is 7.09. The minimum absolute atomic E-state index is 0. The average Bonchev–Trinajstić information content (AvgIpc) is 2.53. The molecule has 1 heterocycles. The van der Waals surface area contributed by atoms with E-state index in [-0.39, 0.29) is 24.2 Å². The molecule has 22 heavy (non-hydrogen) atoms. The van der Waals surface area contributed by atoms with Crippen molar-refractivity contribution in [2.45, 2.75) is 6.42 Å². The minimum Gasteiger partial charge on any atom is -0.339 e. The van der Waals surface area contributed by atoms with Crippen LogP contribution in [0.15, 0.2) is 28.7 Å². The molecule has 2 amide bonds. The highest BCUT2D eigenvalue weighted by Gasteiger charge is 2.24. The third-order valence-corrected chi connectivity index (χ3v) is 4.13. The van der Waals surface area contributed by atoms with Crippen LogP contribution in [0.25, 0.3) is 0 Å². The number of carbonyl (C=O) groups excluding carboxylic acids is 2. The van der Waals surface area contributed by atoms with Crippen LogP contribution in [-0.2, 0) is 4.79 Å². The van der Waals surface area contributed by atoms with Gasteiger partial charge >= 0.3 is 0 Å². The molecule has 0 unspecified atom stereocenters. The Bertz CT molecular complexity index is 502. The molecular formula is C15H21BrClN3O2. The second-order valence-electron chi connectivity index (χ2n) is 5.03. The lowest BCUT2D eigenvalue weighted by atomic mass is 10.2. The van der Waals surface area contributed by atoms with Gasteiger partial charge in [0.15, 0.2) is 0 Å². The smallest absolute Gasteiger partial charge is 0.253 e. The van der Waals surface area contributed by atoms with Crippen molar-refractivity contribution >= 4 is 40.2 Å². The number of piperazine rings is 1. The number of nitrogens with one attached hydrogen (secondary N) is 1. The SMILES string of the molecule is CNCCC(=O)N1CCN(C(=O)c2ccc(Br)cc2)CC1.Cl. The third-order valence-electron chi connectivity index (χ3n) is 3.60. The van der Waals surface area contributed by atoms with Crippen LogP contribution in [0.2, 0.25) is 0 Å². The summed E-state index contributed by atoms with van der Waals surface area (Å²) in [6.45, 7) is 3.12. The van der Waals surface area contributed by atoms with Crippen molar-refractivity contribution in [3.8, 4) is 0 Å². The Morgan fingerprint density at radius 3 is 2.18 bits per heavy atom. The fraction of sp³-hybridized carbons (Fsp3) is 0.467. The number of hydrogen-bond acceptors (Lipinski definition) is 3. The summed E-state index contributed by atoms with van der Waals surface area (Å²) >= 11 is 3.36. The summed E-state index contributed by atoms with van der Waals surface area (Å²) in [6.07, 6.45) is 0.511. The molecule has 0 spiro atoms. The molecule has 7 heteroatoms. The van der Waals surface area contributed by atoms with E-state index in [4.69, 9.17) is 0 Å². The fourth-order valence-electron chi connectivity index (χ4n) is 2.32. The Hall–Kier alpha value is -1.11. The Morgan fingerprint density at radius 2 is 1.64 bits per heavy atom. The molecule has 0 saturated carbocycles. The second kappa shape index (κ2) is 9.12. The summed E-state index contributed by atoms with van der Waals surface area (Å²) < 4.78 is 0.957. The fourth-order valence-corrected chi connectivity index (χ4v) is 2.59. The highest BCUT2D eigenvalue weighted by atomic mass is 79.9. The summed E-state index contributed by atoms with van der Waals surface area (Å²) in [5, 5.41) is 2.97. The molecule has 0 atom stereocenters. The van der Waals surface area contributed by atoms with Crippen LogP contribution >= 0.6 is 28.3 Å². The van der Waals surface area contributed by atoms with Crippen molar-refractivity contribution < 1.29 is 9.59 Å². The maximum Gasteiger partial charge on any atom is 0.253 e. The maximum atomic E-state index is 12.4. The quantitative estimate of drug-likeness (QED) is 0.852. The largest absolute Gasteiger partial charge is 0.339 e. The Balaban J connectivity index is 0.00000242. The number of benzene rings is 1. The van der Waals surface area contributed by atoms with Gasteiger partial charge in [-0.1, -0.05) is 15.9 Å². The Morgan fingerprint density at radius 1 is 1.09 bits per heavy atom. The number of rotatable bonds is 4. The van der Waals surface area contributed by atoms with Crippen LogP contribution in [0, 0.1) is 0 Å². The summed E-state index contributed by atoms with van der Waals surface area (Å²) in [4.78, 5) is 27.9. The summed E-state index contributed by atoms with van der Waals surface area (Å²) in [6, 6.07) is 7.36. The Labute approximate surface area is 145 Å². The molecule has 1 aromatic rings. The average molecular weight is 391 g/mol. The first-order valence-corrected chi connectivity index (χ1v) is 7.88. The van der Waals surface area contributed by atoms with Gasteiger partial charge in [-0.25, -0.2) is 0 Å². The zero-order valence-corrected chi connectivity index (χ0v) is 15.0. The zero-order valence-electron chi connectivity index (χ0n) is 12.5.